The van der Waals surface area contributed by atoms with Gasteiger partial charge in [0.2, 0.25) is 0 Å². The highest BCUT2D eigenvalue weighted by Gasteiger charge is 2.11. The fourth-order valence-corrected chi connectivity index (χ4v) is 3.72. The molecule has 33 heavy (non-hydrogen) atoms. The molecule has 0 aliphatic rings. The number of hydrazone groups is 1. The van der Waals surface area contributed by atoms with Crippen molar-refractivity contribution in [3.05, 3.63) is 89.6 Å². The number of hydrogen-bond acceptors (Lipinski definition) is 6. The number of halogens is 1. The smallest absolute Gasteiger partial charge is 0.173 e. The molecule has 2 aromatic heterocycles. The zero-order valence-electron chi connectivity index (χ0n) is 17.9. The van der Waals surface area contributed by atoms with Crippen molar-refractivity contribution in [2.75, 3.05) is 12.0 Å². The third-order valence-electron chi connectivity index (χ3n) is 5.07. The summed E-state index contributed by atoms with van der Waals surface area (Å²) in [5.74, 6) is 1.32. The van der Waals surface area contributed by atoms with Gasteiger partial charge in [-0.25, -0.2) is 15.0 Å². The first-order valence-corrected chi connectivity index (χ1v) is 10.9. The molecular weight excluding hydrogens is 434 g/mol. The predicted molar refractivity (Wildman–Crippen MR) is 134 cm³/mol. The lowest BCUT2D eigenvalue weighted by Gasteiger charge is -2.09. The van der Waals surface area contributed by atoms with Crippen LogP contribution in [-0.4, -0.2) is 27.8 Å². The molecule has 162 valence electrons. The highest BCUT2D eigenvalue weighted by atomic mass is 35.5. The summed E-state index contributed by atoms with van der Waals surface area (Å²) >= 11 is 6.42. The molecule has 0 saturated heterocycles. The van der Waals surface area contributed by atoms with E-state index in [9.17, 15) is 0 Å². The molecule has 0 bridgehead atoms. The number of nitrogens with zero attached hydrogens (tertiary/aromatic N) is 4. The Hall–Kier alpha value is -4.03. The Morgan fingerprint density at radius 1 is 0.879 bits per heavy atom. The van der Waals surface area contributed by atoms with Gasteiger partial charge in [0.05, 0.1) is 29.4 Å². The molecule has 2 heterocycles. The molecule has 0 aliphatic carbocycles. The van der Waals surface area contributed by atoms with Crippen molar-refractivity contribution in [2.24, 2.45) is 5.10 Å². The summed E-state index contributed by atoms with van der Waals surface area (Å²) in [6.45, 7) is 2.54. The molecule has 5 rings (SSSR count). The van der Waals surface area contributed by atoms with Gasteiger partial charge in [0, 0.05) is 22.6 Å². The number of aromatic nitrogens is 3. The van der Waals surface area contributed by atoms with Crippen molar-refractivity contribution < 1.29 is 4.74 Å². The highest BCUT2D eigenvalue weighted by molar-refractivity contribution is 6.32. The summed E-state index contributed by atoms with van der Waals surface area (Å²) in [5.41, 5.74) is 7.77. The van der Waals surface area contributed by atoms with Crippen molar-refractivity contribution in [2.45, 2.75) is 6.92 Å². The summed E-state index contributed by atoms with van der Waals surface area (Å²) in [4.78, 5) is 14.0. The SMILES string of the molecule is CCOc1ccc2cc(/C=N/Nc3nc4ccccc4nc3-c3ccccc3)c(Cl)nc2c1. The van der Waals surface area contributed by atoms with Gasteiger partial charge >= 0.3 is 0 Å². The average Bonchev–Trinajstić information content (AvgIpc) is 2.84. The molecule has 0 fully saturated rings. The van der Waals surface area contributed by atoms with Crippen LogP contribution in [-0.2, 0) is 0 Å². The Bertz CT molecular complexity index is 1470. The van der Waals surface area contributed by atoms with Crippen LogP contribution in [0, 0.1) is 0 Å². The molecule has 0 unspecified atom stereocenters. The van der Waals surface area contributed by atoms with Crippen molar-refractivity contribution in [1.29, 1.82) is 0 Å². The number of ether oxygens (including phenoxy) is 1. The zero-order chi connectivity index (χ0) is 22.6. The van der Waals surface area contributed by atoms with Gasteiger partial charge in [-0.3, -0.25) is 5.43 Å². The van der Waals surface area contributed by atoms with Gasteiger partial charge < -0.3 is 4.74 Å². The Balaban J connectivity index is 1.48. The largest absolute Gasteiger partial charge is 0.494 e. The van der Waals surface area contributed by atoms with Crippen molar-refractivity contribution in [3.63, 3.8) is 0 Å². The summed E-state index contributed by atoms with van der Waals surface area (Å²) < 4.78 is 5.54. The van der Waals surface area contributed by atoms with Crippen LogP contribution in [0.2, 0.25) is 5.15 Å². The Labute approximate surface area is 195 Å². The zero-order valence-corrected chi connectivity index (χ0v) is 18.6. The molecule has 5 aromatic rings. The van der Waals surface area contributed by atoms with E-state index in [4.69, 9.17) is 26.3 Å². The summed E-state index contributed by atoms with van der Waals surface area (Å²) in [5, 5.41) is 5.69. The second kappa shape index (κ2) is 9.22. The molecule has 7 heteroatoms. The van der Waals surface area contributed by atoms with Crippen molar-refractivity contribution >= 4 is 45.6 Å². The molecule has 0 atom stereocenters. The molecule has 0 aliphatic heterocycles. The first-order chi connectivity index (χ1) is 16.2. The number of anilines is 1. The first kappa shape index (κ1) is 20.8. The van der Waals surface area contributed by atoms with Crippen LogP contribution in [0.5, 0.6) is 5.75 Å². The van der Waals surface area contributed by atoms with E-state index in [1.807, 2.05) is 85.8 Å². The Kier molecular flexibility index (Phi) is 5.83. The van der Waals surface area contributed by atoms with Gasteiger partial charge in [-0.1, -0.05) is 54.1 Å². The summed E-state index contributed by atoms with van der Waals surface area (Å²) in [6, 6.07) is 25.3. The fraction of sp³-hybridized carbons (Fsp3) is 0.0769. The van der Waals surface area contributed by atoms with E-state index in [0.717, 1.165) is 38.9 Å². The van der Waals surface area contributed by atoms with Crippen molar-refractivity contribution in [3.8, 4) is 17.0 Å². The molecule has 0 radical (unpaired) electrons. The van der Waals surface area contributed by atoms with Crippen LogP contribution in [0.15, 0.2) is 84.0 Å². The maximum absolute atomic E-state index is 6.42. The average molecular weight is 454 g/mol. The lowest BCUT2D eigenvalue weighted by Crippen LogP contribution is -2.00. The predicted octanol–water partition coefficient (Wildman–Crippen LogP) is 6.34. The lowest BCUT2D eigenvalue weighted by atomic mass is 10.1. The molecular formula is C26H20ClN5O. The van der Waals surface area contributed by atoms with E-state index in [-0.39, 0.29) is 0 Å². The van der Waals surface area contributed by atoms with Gasteiger partial charge in [-0.2, -0.15) is 5.10 Å². The van der Waals surface area contributed by atoms with E-state index in [1.165, 1.54) is 0 Å². The number of pyridine rings is 1. The van der Waals surface area contributed by atoms with E-state index in [1.54, 1.807) is 6.21 Å². The van der Waals surface area contributed by atoms with Crippen LogP contribution in [0.4, 0.5) is 5.82 Å². The number of fused-ring (bicyclic) bond motifs is 2. The van der Waals surface area contributed by atoms with Crippen LogP contribution in [0.3, 0.4) is 0 Å². The molecule has 0 spiro atoms. The molecule has 3 aromatic carbocycles. The van der Waals surface area contributed by atoms with Crippen molar-refractivity contribution in [1.82, 2.24) is 15.0 Å². The summed E-state index contributed by atoms with van der Waals surface area (Å²) in [6.07, 6.45) is 1.64. The van der Waals surface area contributed by atoms with Crippen LogP contribution < -0.4 is 10.2 Å². The number of rotatable bonds is 6. The molecule has 1 N–H and O–H groups in total. The second-order valence-electron chi connectivity index (χ2n) is 7.30. The maximum Gasteiger partial charge on any atom is 0.173 e. The first-order valence-electron chi connectivity index (χ1n) is 10.6. The van der Waals surface area contributed by atoms with E-state index in [2.05, 4.69) is 15.5 Å². The molecule has 0 amide bonds. The van der Waals surface area contributed by atoms with Crippen LogP contribution in [0.1, 0.15) is 12.5 Å². The third-order valence-corrected chi connectivity index (χ3v) is 5.38. The number of nitrogens with one attached hydrogen (secondary N) is 1. The van der Waals surface area contributed by atoms with E-state index >= 15 is 0 Å². The standard InChI is InChI=1S/C26H20ClN5O/c1-2-33-20-13-12-18-14-19(25(27)30-23(18)15-20)16-28-32-26-24(17-8-4-3-5-9-17)29-21-10-6-7-11-22(21)31-26/h3-16H,2H2,1H3,(H,31,32)/b28-16+. The maximum atomic E-state index is 6.42. The number of hydrogen-bond donors (Lipinski definition) is 1. The van der Waals surface area contributed by atoms with Gasteiger partial charge in [0.1, 0.15) is 16.6 Å². The molecule has 0 saturated carbocycles. The monoisotopic (exact) mass is 453 g/mol. The number of benzene rings is 3. The van der Waals surface area contributed by atoms with Gasteiger partial charge in [-0.05, 0) is 37.3 Å². The lowest BCUT2D eigenvalue weighted by molar-refractivity contribution is 0.340. The quantitative estimate of drug-likeness (QED) is 0.184. The highest BCUT2D eigenvalue weighted by Crippen LogP contribution is 2.27. The minimum absolute atomic E-state index is 0.356. The normalized spacial score (nSPS) is 11.3. The minimum Gasteiger partial charge on any atom is -0.494 e. The minimum atomic E-state index is 0.356. The van der Waals surface area contributed by atoms with Crippen LogP contribution in [0.25, 0.3) is 33.2 Å². The van der Waals surface area contributed by atoms with Gasteiger partial charge in [0.15, 0.2) is 5.82 Å². The van der Waals surface area contributed by atoms with E-state index < -0.39 is 0 Å². The molecule has 6 nitrogen and oxygen atoms in total. The summed E-state index contributed by atoms with van der Waals surface area (Å²) in [7, 11) is 0. The second-order valence-corrected chi connectivity index (χ2v) is 7.66. The Morgan fingerprint density at radius 3 is 2.42 bits per heavy atom. The van der Waals surface area contributed by atoms with E-state index in [0.29, 0.717) is 23.1 Å². The number of para-hydroxylation sites is 2. The third kappa shape index (κ3) is 4.47. The van der Waals surface area contributed by atoms with Gasteiger partial charge in [0.25, 0.3) is 0 Å². The topological polar surface area (TPSA) is 72.3 Å². The fourth-order valence-electron chi connectivity index (χ4n) is 3.52. The van der Waals surface area contributed by atoms with Gasteiger partial charge in [-0.15, -0.1) is 0 Å². The Morgan fingerprint density at radius 2 is 1.64 bits per heavy atom. The van der Waals surface area contributed by atoms with Crippen LogP contribution >= 0.6 is 11.6 Å².